The van der Waals surface area contributed by atoms with Crippen LogP contribution in [0.3, 0.4) is 0 Å². The SMILES string of the molecule is COc1ccc(Cl)cc1NC(=O)C(C)OC(=O)C1CCCN(C(=O)c2ccc(F)cc2)C1. The first-order valence-electron chi connectivity index (χ1n) is 10.2. The summed E-state index contributed by atoms with van der Waals surface area (Å²) in [6.45, 7) is 2.13. The highest BCUT2D eigenvalue weighted by Gasteiger charge is 2.32. The summed E-state index contributed by atoms with van der Waals surface area (Å²) >= 11 is 5.97. The first-order chi connectivity index (χ1) is 15.3. The van der Waals surface area contributed by atoms with Crippen molar-refractivity contribution in [2.45, 2.75) is 25.9 Å². The second-order valence-electron chi connectivity index (χ2n) is 7.51. The summed E-state index contributed by atoms with van der Waals surface area (Å²) in [6, 6.07) is 10.0. The van der Waals surface area contributed by atoms with E-state index in [1.54, 1.807) is 17.0 Å². The number of nitrogens with one attached hydrogen (secondary N) is 1. The number of likely N-dealkylation sites (tertiary alicyclic amines) is 1. The second kappa shape index (κ2) is 10.5. The van der Waals surface area contributed by atoms with Gasteiger partial charge in [-0.1, -0.05) is 11.6 Å². The van der Waals surface area contributed by atoms with Crippen LogP contribution in [0.15, 0.2) is 42.5 Å². The summed E-state index contributed by atoms with van der Waals surface area (Å²) in [5.41, 5.74) is 0.713. The molecule has 2 aromatic rings. The Hall–Kier alpha value is -3.13. The van der Waals surface area contributed by atoms with Gasteiger partial charge in [-0.3, -0.25) is 14.4 Å². The van der Waals surface area contributed by atoms with Crippen LogP contribution < -0.4 is 10.1 Å². The van der Waals surface area contributed by atoms with Gasteiger partial charge in [-0.2, -0.15) is 0 Å². The molecule has 0 saturated carbocycles. The summed E-state index contributed by atoms with van der Waals surface area (Å²) in [4.78, 5) is 39.4. The molecular formula is C23H24ClFN2O5. The zero-order chi connectivity index (χ0) is 23.3. The maximum Gasteiger partial charge on any atom is 0.311 e. The van der Waals surface area contributed by atoms with Crippen molar-refractivity contribution in [1.82, 2.24) is 4.90 Å². The molecule has 9 heteroatoms. The van der Waals surface area contributed by atoms with E-state index in [1.165, 1.54) is 44.4 Å². The normalized spacial score (nSPS) is 16.8. The molecule has 1 saturated heterocycles. The fourth-order valence-electron chi connectivity index (χ4n) is 3.47. The van der Waals surface area contributed by atoms with E-state index in [9.17, 15) is 18.8 Å². The number of hydrogen-bond donors (Lipinski definition) is 1. The average Bonchev–Trinajstić information content (AvgIpc) is 2.79. The maximum absolute atomic E-state index is 13.1. The smallest absolute Gasteiger partial charge is 0.311 e. The zero-order valence-electron chi connectivity index (χ0n) is 17.8. The van der Waals surface area contributed by atoms with Crippen molar-refractivity contribution in [2.24, 2.45) is 5.92 Å². The number of hydrogen-bond acceptors (Lipinski definition) is 5. The van der Waals surface area contributed by atoms with E-state index in [0.29, 0.717) is 41.4 Å². The molecule has 0 aliphatic carbocycles. The number of piperidine rings is 1. The van der Waals surface area contributed by atoms with Crippen LogP contribution in [0.25, 0.3) is 0 Å². The molecular weight excluding hydrogens is 439 g/mol. The number of amides is 2. The predicted molar refractivity (Wildman–Crippen MR) is 117 cm³/mol. The third kappa shape index (κ3) is 5.76. The summed E-state index contributed by atoms with van der Waals surface area (Å²) in [6.07, 6.45) is 0.101. The molecule has 2 unspecified atom stereocenters. The fourth-order valence-corrected chi connectivity index (χ4v) is 3.64. The Labute approximate surface area is 190 Å². The van der Waals surface area contributed by atoms with Crippen molar-refractivity contribution in [1.29, 1.82) is 0 Å². The predicted octanol–water partition coefficient (Wildman–Crippen LogP) is 3.91. The Morgan fingerprint density at radius 3 is 2.59 bits per heavy atom. The van der Waals surface area contributed by atoms with Gasteiger partial charge in [0.15, 0.2) is 6.10 Å². The minimum absolute atomic E-state index is 0.172. The molecule has 2 aromatic carbocycles. The molecule has 0 radical (unpaired) electrons. The minimum Gasteiger partial charge on any atom is -0.495 e. The number of nitrogens with zero attached hydrogens (tertiary/aromatic N) is 1. The van der Waals surface area contributed by atoms with Gasteiger partial charge in [0.1, 0.15) is 11.6 Å². The van der Waals surface area contributed by atoms with Crippen LogP contribution in [-0.2, 0) is 14.3 Å². The number of halogens is 2. The lowest BCUT2D eigenvalue weighted by Gasteiger charge is -2.32. The second-order valence-corrected chi connectivity index (χ2v) is 7.95. The number of benzene rings is 2. The quantitative estimate of drug-likeness (QED) is 0.658. The van der Waals surface area contributed by atoms with E-state index < -0.39 is 29.7 Å². The minimum atomic E-state index is -1.06. The van der Waals surface area contributed by atoms with E-state index in [-0.39, 0.29) is 12.5 Å². The molecule has 1 fully saturated rings. The van der Waals surface area contributed by atoms with Gasteiger partial charge in [-0.15, -0.1) is 0 Å². The van der Waals surface area contributed by atoms with Crippen LogP contribution in [0, 0.1) is 11.7 Å². The van der Waals surface area contributed by atoms with Crippen LogP contribution in [0.2, 0.25) is 5.02 Å². The van der Waals surface area contributed by atoms with Crippen molar-refractivity contribution >= 4 is 35.1 Å². The number of carbonyl (C=O) groups is 3. The standard InChI is InChI=1S/C23H24ClFN2O5/c1-14(21(28)26-19-12-17(24)7-10-20(19)31-2)32-23(30)16-4-3-11-27(13-16)22(29)15-5-8-18(25)9-6-15/h5-10,12,14,16H,3-4,11,13H2,1-2H3,(H,26,28). The highest BCUT2D eigenvalue weighted by Crippen LogP contribution is 2.28. The zero-order valence-corrected chi connectivity index (χ0v) is 18.5. The average molecular weight is 463 g/mol. The summed E-state index contributed by atoms with van der Waals surface area (Å²) in [7, 11) is 1.46. The van der Waals surface area contributed by atoms with Gasteiger partial charge in [-0.05, 0) is 62.2 Å². The van der Waals surface area contributed by atoms with Crippen molar-refractivity contribution < 1.29 is 28.2 Å². The van der Waals surface area contributed by atoms with Gasteiger partial charge in [0.25, 0.3) is 11.8 Å². The number of ether oxygens (including phenoxy) is 2. The third-order valence-corrected chi connectivity index (χ3v) is 5.45. The molecule has 0 spiro atoms. The Morgan fingerprint density at radius 1 is 1.19 bits per heavy atom. The maximum atomic E-state index is 13.1. The Balaban J connectivity index is 1.58. The summed E-state index contributed by atoms with van der Waals surface area (Å²) in [5, 5.41) is 3.06. The first-order valence-corrected chi connectivity index (χ1v) is 10.6. The molecule has 1 aliphatic heterocycles. The highest BCUT2D eigenvalue weighted by atomic mass is 35.5. The Bertz CT molecular complexity index is 998. The molecule has 32 heavy (non-hydrogen) atoms. The van der Waals surface area contributed by atoms with Crippen molar-refractivity contribution in [3.63, 3.8) is 0 Å². The number of carbonyl (C=O) groups excluding carboxylic acids is 3. The molecule has 2 atom stereocenters. The van der Waals surface area contributed by atoms with Gasteiger partial charge in [0.2, 0.25) is 0 Å². The first kappa shape index (κ1) is 23.5. The molecule has 0 bridgehead atoms. The largest absolute Gasteiger partial charge is 0.495 e. The van der Waals surface area contributed by atoms with Gasteiger partial charge in [0.05, 0.1) is 18.7 Å². The molecule has 3 rings (SSSR count). The molecule has 170 valence electrons. The molecule has 1 heterocycles. The molecule has 1 N–H and O–H groups in total. The monoisotopic (exact) mass is 462 g/mol. The van der Waals surface area contributed by atoms with Gasteiger partial charge < -0.3 is 19.7 Å². The van der Waals surface area contributed by atoms with Crippen LogP contribution in [0.1, 0.15) is 30.1 Å². The van der Waals surface area contributed by atoms with Crippen LogP contribution in [-0.4, -0.2) is 49.0 Å². The van der Waals surface area contributed by atoms with Crippen LogP contribution in [0.5, 0.6) is 5.75 Å². The van der Waals surface area contributed by atoms with E-state index in [4.69, 9.17) is 21.1 Å². The number of esters is 1. The number of methoxy groups -OCH3 is 1. The lowest BCUT2D eigenvalue weighted by atomic mass is 9.97. The third-order valence-electron chi connectivity index (χ3n) is 5.21. The lowest BCUT2D eigenvalue weighted by molar-refractivity contribution is -0.158. The van der Waals surface area contributed by atoms with E-state index in [2.05, 4.69) is 5.32 Å². The Morgan fingerprint density at radius 2 is 1.91 bits per heavy atom. The number of anilines is 1. The summed E-state index contributed by atoms with van der Waals surface area (Å²) < 4.78 is 23.7. The van der Waals surface area contributed by atoms with E-state index >= 15 is 0 Å². The Kier molecular flexibility index (Phi) is 7.69. The topological polar surface area (TPSA) is 84.9 Å². The van der Waals surface area contributed by atoms with Gasteiger partial charge in [-0.25, -0.2) is 4.39 Å². The summed E-state index contributed by atoms with van der Waals surface area (Å²) in [5.74, 6) is -1.92. The van der Waals surface area contributed by atoms with Crippen molar-refractivity contribution in [3.8, 4) is 5.75 Å². The molecule has 2 amide bonds. The van der Waals surface area contributed by atoms with Gasteiger partial charge in [0, 0.05) is 23.7 Å². The molecule has 0 aromatic heterocycles. The van der Waals surface area contributed by atoms with Crippen LogP contribution in [0.4, 0.5) is 10.1 Å². The fraction of sp³-hybridized carbons (Fsp3) is 0.348. The lowest BCUT2D eigenvalue weighted by Crippen LogP contribution is -2.44. The van der Waals surface area contributed by atoms with Crippen LogP contribution >= 0.6 is 11.6 Å². The van der Waals surface area contributed by atoms with Gasteiger partial charge >= 0.3 is 5.97 Å². The molecule has 1 aliphatic rings. The van der Waals surface area contributed by atoms with Crippen molar-refractivity contribution in [2.75, 3.05) is 25.5 Å². The highest BCUT2D eigenvalue weighted by molar-refractivity contribution is 6.31. The van der Waals surface area contributed by atoms with Crippen molar-refractivity contribution in [3.05, 3.63) is 58.9 Å². The van der Waals surface area contributed by atoms with E-state index in [0.717, 1.165) is 0 Å². The van der Waals surface area contributed by atoms with E-state index in [1.807, 2.05) is 0 Å². The molecule has 7 nitrogen and oxygen atoms in total. The number of rotatable bonds is 6.